The molecule has 0 saturated heterocycles. The van der Waals surface area contributed by atoms with Crippen LogP contribution >= 0.6 is 0 Å². The number of nitrogens with one attached hydrogen (secondary N) is 4. The summed E-state index contributed by atoms with van der Waals surface area (Å²) in [6.07, 6.45) is 1.73. The molecule has 12 heteroatoms. The Bertz CT molecular complexity index is 1560. The van der Waals surface area contributed by atoms with Gasteiger partial charge in [0.2, 0.25) is 0 Å². The molecule has 0 bridgehead atoms. The number of aliphatic imine (C=N–C) groups is 1. The van der Waals surface area contributed by atoms with Crippen LogP contribution in [0.5, 0.6) is 0 Å². The second-order valence-electron chi connectivity index (χ2n) is 11.7. The maximum absolute atomic E-state index is 13.8. The van der Waals surface area contributed by atoms with Crippen LogP contribution in [-0.4, -0.2) is 40.5 Å². The number of allylic oxidation sites excluding steroid dienone is 2. The third-order valence-electron chi connectivity index (χ3n) is 7.15. The second kappa shape index (κ2) is 11.4. The smallest absolute Gasteiger partial charge is 0.383 e. The Hall–Kier alpha value is -4.55. The zero-order chi connectivity index (χ0) is 30.9. The van der Waals surface area contributed by atoms with Gasteiger partial charge >= 0.3 is 6.18 Å². The molecule has 1 aliphatic carbocycles. The third-order valence-corrected chi connectivity index (χ3v) is 7.15. The van der Waals surface area contributed by atoms with Gasteiger partial charge in [0.05, 0.1) is 34.1 Å². The largest absolute Gasteiger partial charge is 0.413 e. The zero-order valence-corrected chi connectivity index (χ0v) is 24.2. The van der Waals surface area contributed by atoms with Crippen molar-refractivity contribution in [2.24, 2.45) is 10.4 Å². The highest BCUT2D eigenvalue weighted by atomic mass is 19.4. The minimum absolute atomic E-state index is 0.0231. The minimum Gasteiger partial charge on any atom is -0.383 e. The lowest BCUT2D eigenvalue weighted by Crippen LogP contribution is -2.52. The first-order valence-corrected chi connectivity index (χ1v) is 13.5. The number of nitrogens with zero attached hydrogens (tertiary/aromatic N) is 5. The number of rotatable bonds is 9. The summed E-state index contributed by atoms with van der Waals surface area (Å²) < 4.78 is 41.5. The predicted molar refractivity (Wildman–Crippen MR) is 158 cm³/mol. The van der Waals surface area contributed by atoms with E-state index in [0.29, 0.717) is 45.7 Å². The minimum atomic E-state index is -4.42. The molecule has 4 rings (SSSR count). The standard InChI is InChI=1S/C30H34F3N9/c1-7-19(3)36-14-18(2)25(24-16-42(41-40-24)29(8-9-29)30(31,32)33)39-22-10-20(12-34)26-23(11-22)27(21(13-35)15-37-26)38-17-28(4,5)6/h7,10-11,14-16,25,39-41H,2,8-9,17H2,1,3-6H3,(H,37,38)/b19-7-,36-14?/t25-/m0/s1. The number of pyridine rings is 1. The molecule has 1 aromatic carbocycles. The molecule has 42 heavy (non-hydrogen) atoms. The number of aromatic nitrogens is 1. The molecule has 0 amide bonds. The van der Waals surface area contributed by atoms with E-state index in [4.69, 9.17) is 0 Å². The maximum atomic E-state index is 13.8. The van der Waals surface area contributed by atoms with Crippen molar-refractivity contribution in [3.8, 4) is 12.1 Å². The summed E-state index contributed by atoms with van der Waals surface area (Å²) in [6, 6.07) is 6.97. The first-order chi connectivity index (χ1) is 19.7. The van der Waals surface area contributed by atoms with Gasteiger partial charge in [0.1, 0.15) is 12.1 Å². The number of benzene rings is 1. The van der Waals surface area contributed by atoms with Crippen molar-refractivity contribution in [2.45, 2.75) is 65.2 Å². The van der Waals surface area contributed by atoms with E-state index in [9.17, 15) is 23.7 Å². The van der Waals surface area contributed by atoms with Crippen LogP contribution in [0.2, 0.25) is 0 Å². The van der Waals surface area contributed by atoms with Gasteiger partial charge in [-0.3, -0.25) is 15.0 Å². The second-order valence-corrected chi connectivity index (χ2v) is 11.7. The van der Waals surface area contributed by atoms with Crippen LogP contribution in [0.1, 0.15) is 58.6 Å². The first kappa shape index (κ1) is 30.4. The number of alkyl halides is 3. The van der Waals surface area contributed by atoms with Gasteiger partial charge in [0, 0.05) is 41.9 Å². The number of hydrogen-bond acceptors (Lipinski definition) is 9. The van der Waals surface area contributed by atoms with Crippen molar-refractivity contribution < 1.29 is 13.2 Å². The lowest BCUT2D eigenvalue weighted by molar-refractivity contribution is -0.195. The summed E-state index contributed by atoms with van der Waals surface area (Å²) in [5, 5.41) is 28.0. The van der Waals surface area contributed by atoms with Gasteiger partial charge < -0.3 is 16.1 Å². The van der Waals surface area contributed by atoms with Gasteiger partial charge in [-0.1, -0.05) is 33.4 Å². The van der Waals surface area contributed by atoms with E-state index < -0.39 is 17.8 Å². The van der Waals surface area contributed by atoms with Crippen LogP contribution in [0.15, 0.2) is 59.1 Å². The molecule has 1 saturated carbocycles. The monoisotopic (exact) mass is 577 g/mol. The van der Waals surface area contributed by atoms with Crippen molar-refractivity contribution >= 4 is 28.5 Å². The Morgan fingerprint density at radius 3 is 2.50 bits per heavy atom. The van der Waals surface area contributed by atoms with E-state index in [1.165, 1.54) is 12.4 Å². The Kier molecular flexibility index (Phi) is 8.24. The number of fused-ring (bicyclic) bond motifs is 1. The van der Waals surface area contributed by atoms with Crippen molar-refractivity contribution in [2.75, 3.05) is 17.2 Å². The van der Waals surface area contributed by atoms with Gasteiger partial charge in [-0.05, 0) is 49.8 Å². The number of anilines is 2. The average molecular weight is 578 g/mol. The quantitative estimate of drug-likeness (QED) is 0.267. The molecule has 9 nitrogen and oxygen atoms in total. The summed E-state index contributed by atoms with van der Waals surface area (Å²) in [4.78, 5) is 8.76. The van der Waals surface area contributed by atoms with Gasteiger partial charge in [-0.25, -0.2) is 0 Å². The van der Waals surface area contributed by atoms with E-state index in [2.05, 4.69) is 71.1 Å². The Morgan fingerprint density at radius 1 is 1.24 bits per heavy atom. The van der Waals surface area contributed by atoms with Crippen LogP contribution in [0.25, 0.3) is 10.9 Å². The average Bonchev–Trinajstić information content (AvgIpc) is 3.63. The fraction of sp³-hybridized carbons (Fsp3) is 0.400. The Morgan fingerprint density at radius 2 is 1.93 bits per heavy atom. The summed E-state index contributed by atoms with van der Waals surface area (Å²) >= 11 is 0. The summed E-state index contributed by atoms with van der Waals surface area (Å²) in [6.45, 7) is 14.5. The van der Waals surface area contributed by atoms with Gasteiger partial charge in [-0.2, -0.15) is 23.7 Å². The molecular weight excluding hydrogens is 543 g/mol. The molecule has 1 aliphatic heterocycles. The predicted octanol–water partition coefficient (Wildman–Crippen LogP) is 6.03. The van der Waals surface area contributed by atoms with Crippen LogP contribution in [0.3, 0.4) is 0 Å². The molecule has 0 unspecified atom stereocenters. The first-order valence-electron chi connectivity index (χ1n) is 13.5. The number of hydrogen-bond donors (Lipinski definition) is 4. The molecule has 2 heterocycles. The molecule has 220 valence electrons. The highest BCUT2D eigenvalue weighted by molar-refractivity contribution is 5.99. The molecule has 1 atom stereocenters. The fourth-order valence-corrected chi connectivity index (χ4v) is 4.46. The van der Waals surface area contributed by atoms with Crippen LogP contribution in [-0.2, 0) is 0 Å². The molecule has 4 N–H and O–H groups in total. The maximum Gasteiger partial charge on any atom is 0.413 e. The van der Waals surface area contributed by atoms with Crippen molar-refractivity contribution in [1.82, 2.24) is 21.0 Å². The number of nitriles is 2. The highest BCUT2D eigenvalue weighted by Crippen LogP contribution is 2.53. The van der Waals surface area contributed by atoms with Crippen LogP contribution in [0.4, 0.5) is 24.5 Å². The van der Waals surface area contributed by atoms with Gasteiger partial charge in [0.25, 0.3) is 0 Å². The SMILES string of the molecule is C=C(C=N/C(C)=C\C)[C@H](Nc1cc(C#N)c2ncc(C#N)c(NCC(C)(C)C)c2c1)C1=CN(C2(C(F)(F)F)CC2)NN1. The molecule has 2 aromatic rings. The topological polar surface area (TPSA) is 124 Å². The highest BCUT2D eigenvalue weighted by Gasteiger charge is 2.67. The van der Waals surface area contributed by atoms with Gasteiger partial charge in [-0.15, -0.1) is 5.53 Å². The Balaban J connectivity index is 1.79. The molecule has 1 fully saturated rings. The summed E-state index contributed by atoms with van der Waals surface area (Å²) in [5.74, 6) is 0. The molecule has 2 aliphatic rings. The van der Waals surface area contributed by atoms with Crippen molar-refractivity contribution in [3.05, 3.63) is 65.3 Å². The van der Waals surface area contributed by atoms with Crippen LogP contribution in [0, 0.1) is 28.1 Å². The molecule has 0 spiro atoms. The van der Waals surface area contributed by atoms with E-state index >= 15 is 0 Å². The number of halogens is 3. The van der Waals surface area contributed by atoms with E-state index in [-0.39, 0.29) is 23.8 Å². The van der Waals surface area contributed by atoms with E-state index in [1.54, 1.807) is 18.3 Å². The van der Waals surface area contributed by atoms with E-state index in [0.717, 1.165) is 10.7 Å². The lowest BCUT2D eigenvalue weighted by Gasteiger charge is -2.28. The zero-order valence-electron chi connectivity index (χ0n) is 24.2. The molecular formula is C30H34F3N9. The van der Waals surface area contributed by atoms with Crippen molar-refractivity contribution in [3.63, 3.8) is 0 Å². The Labute approximate surface area is 243 Å². The summed E-state index contributed by atoms with van der Waals surface area (Å²) in [7, 11) is 0. The summed E-state index contributed by atoms with van der Waals surface area (Å²) in [5.41, 5.74) is 7.05. The lowest BCUT2D eigenvalue weighted by atomic mass is 9.96. The normalized spacial score (nSPS) is 17.3. The number of hydrazine groups is 2. The third kappa shape index (κ3) is 6.19. The molecule has 1 aromatic heterocycles. The molecule has 0 radical (unpaired) electrons. The fourth-order valence-electron chi connectivity index (χ4n) is 4.46. The van der Waals surface area contributed by atoms with E-state index in [1.807, 2.05) is 19.9 Å². The van der Waals surface area contributed by atoms with Gasteiger partial charge in [0.15, 0.2) is 5.54 Å². The van der Waals surface area contributed by atoms with Crippen molar-refractivity contribution in [1.29, 1.82) is 10.5 Å². The van der Waals surface area contributed by atoms with Crippen LogP contribution < -0.4 is 21.6 Å².